The molecule has 0 aliphatic heterocycles. The number of nitrogens with zero attached hydrogens (tertiary/aromatic N) is 2. The smallest absolute Gasteiger partial charge is 0.276 e. The Kier molecular flexibility index (Phi) is 6.89. The first-order chi connectivity index (χ1) is 12.4. The predicted octanol–water partition coefficient (Wildman–Crippen LogP) is 3.19. The maximum absolute atomic E-state index is 12.9. The highest BCUT2D eigenvalue weighted by atomic mass is 35.5. The van der Waals surface area contributed by atoms with E-state index in [1.54, 1.807) is 10.9 Å². The summed E-state index contributed by atoms with van der Waals surface area (Å²) in [6.45, 7) is 7.08. The number of ether oxygens (including phenoxy) is 1. The number of hydrogen-bond acceptors (Lipinski definition) is 4. The monoisotopic (exact) mass is 392 g/mol. The molecule has 1 aliphatic carbocycles. The van der Waals surface area contributed by atoms with Crippen molar-refractivity contribution in [2.45, 2.75) is 39.2 Å². The van der Waals surface area contributed by atoms with E-state index in [0.29, 0.717) is 36.4 Å². The SMILES string of the molecule is CC(C)COc1cn(-c2ccccc2)nc1C(=O)NC(C)(CN)C1CC1.Cl. The van der Waals surface area contributed by atoms with E-state index in [0.717, 1.165) is 18.5 Å². The zero-order valence-electron chi connectivity index (χ0n) is 16.1. The van der Waals surface area contributed by atoms with Crippen molar-refractivity contribution in [2.24, 2.45) is 17.6 Å². The molecular weight excluding hydrogens is 364 g/mol. The van der Waals surface area contributed by atoms with Crippen LogP contribution in [0.5, 0.6) is 5.75 Å². The van der Waals surface area contributed by atoms with Gasteiger partial charge in [-0.2, -0.15) is 5.10 Å². The molecule has 27 heavy (non-hydrogen) atoms. The van der Waals surface area contributed by atoms with Crippen molar-refractivity contribution < 1.29 is 9.53 Å². The van der Waals surface area contributed by atoms with Crippen molar-refractivity contribution in [2.75, 3.05) is 13.2 Å². The van der Waals surface area contributed by atoms with Crippen LogP contribution in [0.1, 0.15) is 44.1 Å². The van der Waals surface area contributed by atoms with E-state index in [2.05, 4.69) is 24.3 Å². The lowest BCUT2D eigenvalue weighted by molar-refractivity contribution is 0.0887. The molecule has 1 saturated carbocycles. The van der Waals surface area contributed by atoms with Crippen molar-refractivity contribution >= 4 is 18.3 Å². The van der Waals surface area contributed by atoms with E-state index in [1.165, 1.54) is 0 Å². The minimum Gasteiger partial charge on any atom is -0.489 e. The minimum absolute atomic E-state index is 0. The summed E-state index contributed by atoms with van der Waals surface area (Å²) in [5.74, 6) is 1.05. The Hall–Kier alpha value is -2.05. The van der Waals surface area contributed by atoms with E-state index < -0.39 is 5.54 Å². The molecule has 1 atom stereocenters. The van der Waals surface area contributed by atoms with Crippen LogP contribution in [0.15, 0.2) is 36.5 Å². The molecule has 1 aliphatic rings. The van der Waals surface area contributed by atoms with Gasteiger partial charge in [-0.25, -0.2) is 4.68 Å². The summed E-state index contributed by atoms with van der Waals surface area (Å²) in [6, 6.07) is 9.69. The molecule has 1 aromatic heterocycles. The van der Waals surface area contributed by atoms with Gasteiger partial charge in [0.1, 0.15) is 0 Å². The number of halogens is 1. The summed E-state index contributed by atoms with van der Waals surface area (Å²) in [5, 5.41) is 7.59. The van der Waals surface area contributed by atoms with Crippen molar-refractivity contribution in [3.05, 3.63) is 42.2 Å². The number of carbonyl (C=O) groups is 1. The number of aromatic nitrogens is 2. The average Bonchev–Trinajstić information content (AvgIpc) is 3.41. The summed E-state index contributed by atoms with van der Waals surface area (Å²) >= 11 is 0. The Morgan fingerprint density at radius 1 is 1.37 bits per heavy atom. The van der Waals surface area contributed by atoms with E-state index in [-0.39, 0.29) is 18.3 Å². The lowest BCUT2D eigenvalue weighted by Crippen LogP contribution is -2.53. The second kappa shape index (κ2) is 8.76. The molecule has 1 unspecified atom stereocenters. The highest BCUT2D eigenvalue weighted by Crippen LogP contribution is 2.39. The van der Waals surface area contributed by atoms with E-state index in [4.69, 9.17) is 10.5 Å². The Morgan fingerprint density at radius 2 is 2.04 bits per heavy atom. The fourth-order valence-electron chi connectivity index (χ4n) is 2.95. The summed E-state index contributed by atoms with van der Waals surface area (Å²) in [6.07, 6.45) is 3.97. The fourth-order valence-corrected chi connectivity index (χ4v) is 2.95. The maximum atomic E-state index is 12.9. The third-order valence-electron chi connectivity index (χ3n) is 4.79. The largest absolute Gasteiger partial charge is 0.489 e. The number of benzene rings is 1. The van der Waals surface area contributed by atoms with Crippen LogP contribution in [0.2, 0.25) is 0 Å². The zero-order chi connectivity index (χ0) is 18.7. The van der Waals surface area contributed by atoms with Gasteiger partial charge in [0.25, 0.3) is 5.91 Å². The van der Waals surface area contributed by atoms with Crippen LogP contribution in [0, 0.1) is 11.8 Å². The number of para-hydroxylation sites is 1. The van der Waals surface area contributed by atoms with Gasteiger partial charge in [0.2, 0.25) is 0 Å². The van der Waals surface area contributed by atoms with Gasteiger partial charge >= 0.3 is 0 Å². The van der Waals surface area contributed by atoms with E-state index in [9.17, 15) is 4.79 Å². The summed E-state index contributed by atoms with van der Waals surface area (Å²) < 4.78 is 7.55. The second-order valence-electron chi connectivity index (χ2n) is 7.68. The number of amides is 1. The number of hydrogen-bond donors (Lipinski definition) is 2. The van der Waals surface area contributed by atoms with E-state index in [1.807, 2.05) is 37.3 Å². The van der Waals surface area contributed by atoms with Gasteiger partial charge in [-0.15, -0.1) is 12.4 Å². The average molecular weight is 393 g/mol. The maximum Gasteiger partial charge on any atom is 0.276 e. The molecule has 3 rings (SSSR count). The molecular formula is C20H29ClN4O2. The standard InChI is InChI=1S/C20H28N4O2.ClH/c1-14(2)12-26-17-11-24(16-7-5-4-6-8-16)23-18(17)19(25)22-20(3,13-21)15-9-10-15;/h4-8,11,14-15H,9-10,12-13,21H2,1-3H3,(H,22,25);1H. The molecule has 3 N–H and O–H groups in total. The van der Waals surface area contributed by atoms with Crippen LogP contribution in [0.3, 0.4) is 0 Å². The third kappa shape index (κ3) is 5.02. The van der Waals surface area contributed by atoms with Gasteiger partial charge in [-0.05, 0) is 43.7 Å². The predicted molar refractivity (Wildman–Crippen MR) is 109 cm³/mol. The van der Waals surface area contributed by atoms with Gasteiger partial charge in [0.15, 0.2) is 11.4 Å². The van der Waals surface area contributed by atoms with Gasteiger partial charge in [-0.3, -0.25) is 4.79 Å². The van der Waals surface area contributed by atoms with Crippen LogP contribution >= 0.6 is 12.4 Å². The molecule has 1 aromatic carbocycles. The van der Waals surface area contributed by atoms with Crippen LogP contribution in [-0.2, 0) is 0 Å². The third-order valence-corrected chi connectivity index (χ3v) is 4.79. The van der Waals surface area contributed by atoms with Gasteiger partial charge in [0, 0.05) is 6.54 Å². The fraction of sp³-hybridized carbons (Fsp3) is 0.500. The highest BCUT2D eigenvalue weighted by molar-refractivity contribution is 5.95. The Morgan fingerprint density at radius 3 is 2.59 bits per heavy atom. The van der Waals surface area contributed by atoms with E-state index >= 15 is 0 Å². The number of rotatable bonds is 8. The summed E-state index contributed by atoms with van der Waals surface area (Å²) in [4.78, 5) is 12.9. The van der Waals surface area contributed by atoms with Crippen LogP contribution in [-0.4, -0.2) is 34.4 Å². The van der Waals surface area contributed by atoms with Crippen molar-refractivity contribution in [3.63, 3.8) is 0 Å². The first-order valence-electron chi connectivity index (χ1n) is 9.23. The first kappa shape index (κ1) is 21.3. The Balaban J connectivity index is 0.00000261. The second-order valence-corrected chi connectivity index (χ2v) is 7.68. The molecule has 0 radical (unpaired) electrons. The number of nitrogens with one attached hydrogen (secondary N) is 1. The molecule has 0 spiro atoms. The minimum atomic E-state index is -0.400. The molecule has 1 heterocycles. The Labute approximate surface area is 166 Å². The van der Waals surface area contributed by atoms with Crippen LogP contribution < -0.4 is 15.8 Å². The molecule has 0 saturated heterocycles. The highest BCUT2D eigenvalue weighted by Gasteiger charge is 2.42. The molecule has 7 heteroatoms. The lowest BCUT2D eigenvalue weighted by atomic mass is 9.96. The van der Waals surface area contributed by atoms with Crippen LogP contribution in [0.25, 0.3) is 5.69 Å². The molecule has 1 fully saturated rings. The summed E-state index contributed by atoms with van der Waals surface area (Å²) in [5.41, 5.74) is 6.72. The van der Waals surface area contributed by atoms with Gasteiger partial charge in [0.05, 0.1) is 24.0 Å². The quantitative estimate of drug-likeness (QED) is 0.722. The molecule has 6 nitrogen and oxygen atoms in total. The van der Waals surface area contributed by atoms with Crippen molar-refractivity contribution in [1.82, 2.24) is 15.1 Å². The van der Waals surface area contributed by atoms with Crippen molar-refractivity contribution in [3.8, 4) is 11.4 Å². The van der Waals surface area contributed by atoms with Gasteiger partial charge in [-0.1, -0.05) is 32.0 Å². The normalized spacial score (nSPS) is 15.7. The molecule has 2 aromatic rings. The van der Waals surface area contributed by atoms with Crippen LogP contribution in [0.4, 0.5) is 0 Å². The first-order valence-corrected chi connectivity index (χ1v) is 9.23. The zero-order valence-corrected chi connectivity index (χ0v) is 17.0. The number of nitrogens with two attached hydrogens (primary N) is 1. The van der Waals surface area contributed by atoms with Crippen molar-refractivity contribution in [1.29, 1.82) is 0 Å². The molecule has 148 valence electrons. The summed E-state index contributed by atoms with van der Waals surface area (Å²) in [7, 11) is 0. The molecule has 0 bridgehead atoms. The topological polar surface area (TPSA) is 82.2 Å². The number of carbonyl (C=O) groups excluding carboxylic acids is 1. The van der Waals surface area contributed by atoms with Gasteiger partial charge < -0.3 is 15.8 Å². The Bertz CT molecular complexity index is 759. The molecule has 1 amide bonds. The lowest BCUT2D eigenvalue weighted by Gasteiger charge is -2.29.